The standard InChI is InChI=1S/C19H20F2N2O5/c1-3-19(9-15(23-28-19)11-5-12(20)7-13(21)6-11)18(25)22-14-8-16(27-10-14)17(24)26-4-2/h3,5-7,14,16H,1,4,8-10H2,2H3,(H,22,25)/t14-,16-,19-/m1/s1. The van der Waals surface area contributed by atoms with Gasteiger partial charge in [0.2, 0.25) is 5.60 Å². The molecule has 1 fully saturated rings. The average molecular weight is 394 g/mol. The van der Waals surface area contributed by atoms with Gasteiger partial charge < -0.3 is 19.6 Å². The van der Waals surface area contributed by atoms with Crippen molar-refractivity contribution < 1.29 is 32.7 Å². The molecule has 28 heavy (non-hydrogen) atoms. The van der Waals surface area contributed by atoms with Gasteiger partial charge in [-0.05, 0) is 25.1 Å². The van der Waals surface area contributed by atoms with E-state index in [1.807, 2.05) is 0 Å². The van der Waals surface area contributed by atoms with Crippen molar-refractivity contribution in [3.8, 4) is 0 Å². The number of rotatable bonds is 6. The van der Waals surface area contributed by atoms with Gasteiger partial charge in [0.25, 0.3) is 5.91 Å². The van der Waals surface area contributed by atoms with Gasteiger partial charge in [-0.25, -0.2) is 13.6 Å². The first-order valence-electron chi connectivity index (χ1n) is 8.81. The number of nitrogens with zero attached hydrogens (tertiary/aromatic N) is 1. The van der Waals surface area contributed by atoms with Gasteiger partial charge in [0.1, 0.15) is 11.6 Å². The Hall–Kier alpha value is -2.81. The highest BCUT2D eigenvalue weighted by Gasteiger charge is 2.46. The Morgan fingerprint density at radius 3 is 2.75 bits per heavy atom. The predicted molar refractivity (Wildman–Crippen MR) is 94.4 cm³/mol. The van der Waals surface area contributed by atoms with Crippen LogP contribution in [0.5, 0.6) is 0 Å². The van der Waals surface area contributed by atoms with Crippen molar-refractivity contribution in [1.29, 1.82) is 0 Å². The quantitative estimate of drug-likeness (QED) is 0.588. The zero-order valence-electron chi connectivity index (χ0n) is 15.2. The Morgan fingerprint density at radius 1 is 1.39 bits per heavy atom. The maximum Gasteiger partial charge on any atom is 0.335 e. The van der Waals surface area contributed by atoms with Crippen LogP contribution < -0.4 is 5.32 Å². The Morgan fingerprint density at radius 2 is 2.11 bits per heavy atom. The first kappa shape index (κ1) is 19.9. The molecule has 1 saturated heterocycles. The number of halogens is 2. The lowest BCUT2D eigenvalue weighted by atomic mass is 9.92. The molecule has 0 unspecified atom stereocenters. The third kappa shape index (κ3) is 4.04. The number of oxime groups is 1. The number of hydrogen-bond acceptors (Lipinski definition) is 6. The van der Waals surface area contributed by atoms with E-state index in [1.54, 1.807) is 6.92 Å². The van der Waals surface area contributed by atoms with Crippen molar-refractivity contribution in [1.82, 2.24) is 5.32 Å². The summed E-state index contributed by atoms with van der Waals surface area (Å²) >= 11 is 0. The van der Waals surface area contributed by atoms with Crippen molar-refractivity contribution in [2.24, 2.45) is 5.16 Å². The number of nitrogens with one attached hydrogen (secondary N) is 1. The lowest BCUT2D eigenvalue weighted by molar-refractivity contribution is -0.153. The van der Waals surface area contributed by atoms with E-state index >= 15 is 0 Å². The second kappa shape index (κ2) is 8.05. The average Bonchev–Trinajstić information content (AvgIpc) is 3.29. The molecule has 0 spiro atoms. The van der Waals surface area contributed by atoms with E-state index in [0.717, 1.165) is 18.2 Å². The molecule has 1 aromatic rings. The summed E-state index contributed by atoms with van der Waals surface area (Å²) in [7, 11) is 0. The lowest BCUT2D eigenvalue weighted by Crippen LogP contribution is -2.49. The summed E-state index contributed by atoms with van der Waals surface area (Å²) in [6, 6.07) is 2.54. The normalized spacial score (nSPS) is 26.3. The van der Waals surface area contributed by atoms with Gasteiger partial charge >= 0.3 is 5.97 Å². The fourth-order valence-electron chi connectivity index (χ4n) is 3.08. The Labute approximate surface area is 160 Å². The molecule has 0 saturated carbocycles. The minimum absolute atomic E-state index is 0.0416. The zero-order chi connectivity index (χ0) is 20.3. The maximum atomic E-state index is 13.5. The minimum Gasteiger partial charge on any atom is -0.464 e. The summed E-state index contributed by atoms with van der Waals surface area (Å²) in [5, 5.41) is 6.57. The number of carbonyl (C=O) groups is 2. The van der Waals surface area contributed by atoms with Crippen LogP contribution in [0.4, 0.5) is 8.78 Å². The molecule has 1 amide bonds. The number of esters is 1. The van der Waals surface area contributed by atoms with Gasteiger partial charge in [0, 0.05) is 24.5 Å². The summed E-state index contributed by atoms with van der Waals surface area (Å²) in [6.45, 7) is 5.71. The lowest BCUT2D eigenvalue weighted by Gasteiger charge is -2.23. The van der Waals surface area contributed by atoms with Gasteiger partial charge in [0.15, 0.2) is 6.10 Å². The number of ether oxygens (including phenoxy) is 2. The molecule has 0 aromatic heterocycles. The molecular formula is C19H20F2N2O5. The molecule has 0 bridgehead atoms. The first-order valence-corrected chi connectivity index (χ1v) is 8.81. The number of hydrogen-bond donors (Lipinski definition) is 1. The molecule has 0 aliphatic carbocycles. The Bertz CT molecular complexity index is 808. The summed E-state index contributed by atoms with van der Waals surface area (Å²) in [5.74, 6) is -2.53. The fourth-order valence-corrected chi connectivity index (χ4v) is 3.08. The Balaban J connectivity index is 1.65. The van der Waals surface area contributed by atoms with Crippen LogP contribution in [0.1, 0.15) is 25.3 Å². The summed E-state index contributed by atoms with van der Waals surface area (Å²) < 4.78 is 37.2. The molecule has 1 aromatic carbocycles. The molecule has 1 N–H and O–H groups in total. The van der Waals surface area contributed by atoms with E-state index < -0.39 is 41.3 Å². The van der Waals surface area contributed by atoms with E-state index in [-0.39, 0.29) is 37.3 Å². The summed E-state index contributed by atoms with van der Waals surface area (Å²) in [6.07, 6.45) is 0.768. The zero-order valence-corrected chi connectivity index (χ0v) is 15.2. The van der Waals surface area contributed by atoms with Gasteiger partial charge in [-0.1, -0.05) is 11.7 Å². The molecule has 0 radical (unpaired) electrons. The van der Waals surface area contributed by atoms with Crippen LogP contribution in [0.2, 0.25) is 0 Å². The number of carbonyl (C=O) groups excluding carboxylic acids is 2. The van der Waals surface area contributed by atoms with Crippen molar-refractivity contribution >= 4 is 17.6 Å². The second-order valence-corrected chi connectivity index (χ2v) is 6.54. The SMILES string of the molecule is C=C[C@]1(C(=O)N[C@H]2CO[C@@H](C(=O)OCC)C2)CC(c2cc(F)cc(F)c2)=NO1. The molecule has 3 rings (SSSR count). The van der Waals surface area contributed by atoms with Crippen LogP contribution in [-0.4, -0.2) is 48.5 Å². The third-order valence-corrected chi connectivity index (χ3v) is 4.54. The van der Waals surface area contributed by atoms with Crippen LogP contribution >= 0.6 is 0 Å². The van der Waals surface area contributed by atoms with Crippen molar-refractivity contribution in [3.63, 3.8) is 0 Å². The van der Waals surface area contributed by atoms with Crippen LogP contribution in [0.15, 0.2) is 36.0 Å². The highest BCUT2D eigenvalue weighted by atomic mass is 19.1. The predicted octanol–water partition coefficient (Wildman–Crippen LogP) is 1.85. The largest absolute Gasteiger partial charge is 0.464 e. The van der Waals surface area contributed by atoms with E-state index in [1.165, 1.54) is 6.08 Å². The van der Waals surface area contributed by atoms with Gasteiger partial charge in [-0.2, -0.15) is 0 Å². The fraction of sp³-hybridized carbons (Fsp3) is 0.421. The van der Waals surface area contributed by atoms with Gasteiger partial charge in [0.05, 0.1) is 25.0 Å². The third-order valence-electron chi connectivity index (χ3n) is 4.54. The second-order valence-electron chi connectivity index (χ2n) is 6.54. The molecule has 150 valence electrons. The smallest absolute Gasteiger partial charge is 0.335 e. The minimum atomic E-state index is -1.51. The van der Waals surface area contributed by atoms with E-state index in [9.17, 15) is 18.4 Å². The number of benzene rings is 1. The highest BCUT2D eigenvalue weighted by Crippen LogP contribution is 2.29. The topological polar surface area (TPSA) is 86.2 Å². The maximum absolute atomic E-state index is 13.5. The van der Waals surface area contributed by atoms with Crippen molar-refractivity contribution in [2.45, 2.75) is 37.5 Å². The van der Waals surface area contributed by atoms with Crippen LogP contribution in [0, 0.1) is 11.6 Å². The van der Waals surface area contributed by atoms with Crippen LogP contribution in [0.3, 0.4) is 0 Å². The van der Waals surface area contributed by atoms with E-state index in [0.29, 0.717) is 0 Å². The van der Waals surface area contributed by atoms with Crippen molar-refractivity contribution in [2.75, 3.05) is 13.2 Å². The van der Waals surface area contributed by atoms with E-state index in [2.05, 4.69) is 17.1 Å². The van der Waals surface area contributed by atoms with Gasteiger partial charge in [-0.3, -0.25) is 4.79 Å². The molecular weight excluding hydrogens is 374 g/mol. The molecule has 3 atom stereocenters. The highest BCUT2D eigenvalue weighted by molar-refractivity contribution is 6.06. The molecule has 2 aliphatic heterocycles. The molecule has 9 heteroatoms. The first-order chi connectivity index (χ1) is 13.4. The Kier molecular flexibility index (Phi) is 5.73. The summed E-state index contributed by atoms with van der Waals surface area (Å²) in [5.41, 5.74) is -1.11. The monoisotopic (exact) mass is 394 g/mol. The number of amides is 1. The van der Waals surface area contributed by atoms with Crippen LogP contribution in [0.25, 0.3) is 0 Å². The van der Waals surface area contributed by atoms with Crippen LogP contribution in [-0.2, 0) is 23.9 Å². The summed E-state index contributed by atoms with van der Waals surface area (Å²) in [4.78, 5) is 29.8. The molecule has 2 aliphatic rings. The molecule has 2 heterocycles. The van der Waals surface area contributed by atoms with E-state index in [4.69, 9.17) is 14.3 Å². The van der Waals surface area contributed by atoms with Crippen molar-refractivity contribution in [3.05, 3.63) is 48.1 Å². The molecule has 7 nitrogen and oxygen atoms in total. The van der Waals surface area contributed by atoms with Gasteiger partial charge in [-0.15, -0.1) is 0 Å².